The molecule has 0 saturated heterocycles. The van der Waals surface area contributed by atoms with E-state index in [1.165, 1.54) is 0 Å². The second kappa shape index (κ2) is 8.66. The van der Waals surface area contributed by atoms with Gasteiger partial charge in [-0.2, -0.15) is 5.26 Å². The van der Waals surface area contributed by atoms with Crippen LogP contribution in [0.15, 0.2) is 24.3 Å². The molecule has 2 N–H and O–H groups in total. The Labute approximate surface area is 127 Å². The second-order valence-electron chi connectivity index (χ2n) is 5.33. The smallest absolute Gasteiger partial charge is 0.120 e. The predicted octanol–water partition coefficient (Wildman–Crippen LogP) is 2.86. The van der Waals surface area contributed by atoms with Crippen molar-refractivity contribution in [3.8, 4) is 11.8 Å². The van der Waals surface area contributed by atoms with Gasteiger partial charge in [0, 0.05) is 12.1 Å². The van der Waals surface area contributed by atoms with Gasteiger partial charge in [0.2, 0.25) is 0 Å². The number of hydrogen-bond acceptors (Lipinski definition) is 4. The Morgan fingerprint density at radius 2 is 1.95 bits per heavy atom. The Morgan fingerprint density at radius 1 is 1.29 bits per heavy atom. The van der Waals surface area contributed by atoms with Crippen molar-refractivity contribution in [3.63, 3.8) is 0 Å². The van der Waals surface area contributed by atoms with Crippen molar-refractivity contribution >= 4 is 0 Å². The zero-order valence-electron chi connectivity index (χ0n) is 13.2. The number of nitrogens with zero attached hydrogens (tertiary/aromatic N) is 1. The molecule has 0 heterocycles. The van der Waals surface area contributed by atoms with Crippen molar-refractivity contribution in [3.05, 3.63) is 29.8 Å². The molecule has 0 aliphatic heterocycles. The molecule has 21 heavy (non-hydrogen) atoms. The first kappa shape index (κ1) is 17.5. The van der Waals surface area contributed by atoms with Crippen LogP contribution in [-0.2, 0) is 0 Å². The normalized spacial score (nSPS) is 12.7. The lowest BCUT2D eigenvalue weighted by molar-refractivity contribution is 0.0942. The minimum Gasteiger partial charge on any atom is -0.491 e. The van der Waals surface area contributed by atoms with E-state index >= 15 is 0 Å². The number of rotatable bonds is 9. The minimum absolute atomic E-state index is 0.0989. The highest BCUT2D eigenvalue weighted by molar-refractivity contribution is 5.36. The number of benzene rings is 1. The Bertz CT molecular complexity index is 456. The lowest BCUT2D eigenvalue weighted by Gasteiger charge is -2.33. The van der Waals surface area contributed by atoms with E-state index in [-0.39, 0.29) is 12.1 Å². The lowest BCUT2D eigenvalue weighted by Crippen LogP contribution is -2.47. The summed E-state index contributed by atoms with van der Waals surface area (Å²) in [6.07, 6.45) is 2.55. The van der Waals surface area contributed by atoms with E-state index < -0.39 is 6.10 Å². The fourth-order valence-electron chi connectivity index (χ4n) is 2.37. The molecule has 0 bridgehead atoms. The summed E-state index contributed by atoms with van der Waals surface area (Å²) in [5, 5.41) is 22.3. The highest BCUT2D eigenvalue weighted by Crippen LogP contribution is 2.19. The summed E-state index contributed by atoms with van der Waals surface area (Å²) >= 11 is 0. The highest BCUT2D eigenvalue weighted by atomic mass is 16.5. The molecule has 0 aliphatic rings. The van der Waals surface area contributed by atoms with Gasteiger partial charge in [0.1, 0.15) is 18.5 Å². The number of aliphatic hydroxyl groups excluding tert-OH is 1. The van der Waals surface area contributed by atoms with E-state index in [0.717, 1.165) is 19.3 Å². The monoisotopic (exact) mass is 290 g/mol. The molecule has 0 saturated carbocycles. The molecule has 1 unspecified atom stereocenters. The molecule has 0 amide bonds. The van der Waals surface area contributed by atoms with Crippen molar-refractivity contribution in [2.75, 3.05) is 13.2 Å². The summed E-state index contributed by atoms with van der Waals surface area (Å²) in [4.78, 5) is 0. The first-order chi connectivity index (χ1) is 10.1. The van der Waals surface area contributed by atoms with Crippen LogP contribution in [0.5, 0.6) is 5.75 Å². The Kier molecular flexibility index (Phi) is 7.21. The molecule has 0 aliphatic carbocycles. The molecule has 1 rings (SSSR count). The summed E-state index contributed by atoms with van der Waals surface area (Å²) in [7, 11) is 0. The van der Waals surface area contributed by atoms with Crippen LogP contribution in [0.2, 0.25) is 0 Å². The van der Waals surface area contributed by atoms with E-state index in [1.807, 2.05) is 0 Å². The first-order valence-corrected chi connectivity index (χ1v) is 7.65. The van der Waals surface area contributed by atoms with Gasteiger partial charge >= 0.3 is 0 Å². The zero-order valence-corrected chi connectivity index (χ0v) is 13.2. The fourth-order valence-corrected chi connectivity index (χ4v) is 2.37. The third-order valence-electron chi connectivity index (χ3n) is 4.15. The number of ether oxygens (including phenoxy) is 1. The maximum Gasteiger partial charge on any atom is 0.120 e. The van der Waals surface area contributed by atoms with E-state index in [2.05, 4.69) is 32.2 Å². The summed E-state index contributed by atoms with van der Waals surface area (Å²) in [6, 6.07) is 9.03. The molecular weight excluding hydrogens is 264 g/mol. The number of β-amino-alcohol motifs (C(OH)–C–C–N with tert-alkyl or cyclic N) is 1. The number of hydrogen-bond donors (Lipinski definition) is 2. The lowest BCUT2D eigenvalue weighted by atomic mass is 9.90. The molecule has 1 aromatic carbocycles. The summed E-state index contributed by atoms with van der Waals surface area (Å²) in [6.45, 7) is 7.21. The molecular formula is C17H26N2O2. The van der Waals surface area contributed by atoms with Crippen LogP contribution in [0.1, 0.15) is 45.6 Å². The van der Waals surface area contributed by atoms with Crippen molar-refractivity contribution in [1.82, 2.24) is 5.32 Å². The van der Waals surface area contributed by atoms with Crippen molar-refractivity contribution in [1.29, 1.82) is 5.26 Å². The summed E-state index contributed by atoms with van der Waals surface area (Å²) < 4.78 is 5.54. The molecule has 1 aromatic rings. The number of aliphatic hydroxyl groups is 1. The van der Waals surface area contributed by atoms with E-state index in [9.17, 15) is 5.11 Å². The van der Waals surface area contributed by atoms with Gasteiger partial charge in [0.15, 0.2) is 0 Å². The molecule has 1 atom stereocenters. The van der Waals surface area contributed by atoms with Crippen LogP contribution in [0.25, 0.3) is 0 Å². The maximum atomic E-state index is 10.0. The number of nitrogens with one attached hydrogen (secondary N) is 1. The van der Waals surface area contributed by atoms with Gasteiger partial charge in [-0.1, -0.05) is 26.8 Å². The Morgan fingerprint density at radius 3 is 2.52 bits per heavy atom. The van der Waals surface area contributed by atoms with Gasteiger partial charge in [-0.05, 0) is 37.5 Å². The molecule has 0 fully saturated rings. The van der Waals surface area contributed by atoms with Crippen LogP contribution in [0, 0.1) is 11.3 Å². The van der Waals surface area contributed by atoms with Gasteiger partial charge in [-0.25, -0.2) is 0 Å². The van der Waals surface area contributed by atoms with Gasteiger partial charge in [-0.15, -0.1) is 0 Å². The standard InChI is InChI=1S/C17H26N2O2/c1-4-17(5-2,6-3)19-12-15(20)13-21-16-9-7-8-14(10-16)11-18/h7-10,15,19-20H,4-6,12-13H2,1-3H3. The molecule has 4 heteroatoms. The van der Waals surface area contributed by atoms with E-state index in [1.54, 1.807) is 24.3 Å². The minimum atomic E-state index is -0.570. The Hall–Kier alpha value is -1.57. The van der Waals surface area contributed by atoms with Gasteiger partial charge < -0.3 is 15.2 Å². The maximum absolute atomic E-state index is 10.0. The molecule has 0 aromatic heterocycles. The van der Waals surface area contributed by atoms with Gasteiger partial charge in [-0.3, -0.25) is 0 Å². The number of nitriles is 1. The average molecular weight is 290 g/mol. The largest absolute Gasteiger partial charge is 0.491 e. The van der Waals surface area contributed by atoms with Crippen LogP contribution in [0.4, 0.5) is 0 Å². The zero-order chi connectivity index (χ0) is 15.7. The van der Waals surface area contributed by atoms with Crippen molar-refractivity contribution in [2.24, 2.45) is 0 Å². The second-order valence-corrected chi connectivity index (χ2v) is 5.33. The topological polar surface area (TPSA) is 65.3 Å². The SMILES string of the molecule is CCC(CC)(CC)NCC(O)COc1cccc(C#N)c1. The molecule has 116 valence electrons. The van der Waals surface area contributed by atoms with Crippen LogP contribution < -0.4 is 10.1 Å². The third kappa shape index (κ3) is 5.37. The van der Waals surface area contributed by atoms with Crippen LogP contribution >= 0.6 is 0 Å². The average Bonchev–Trinajstić information content (AvgIpc) is 2.55. The highest BCUT2D eigenvalue weighted by Gasteiger charge is 2.23. The predicted molar refractivity (Wildman–Crippen MR) is 84.3 cm³/mol. The van der Waals surface area contributed by atoms with E-state index in [4.69, 9.17) is 10.00 Å². The summed E-state index contributed by atoms with van der Waals surface area (Å²) in [5.74, 6) is 0.612. The molecule has 4 nitrogen and oxygen atoms in total. The quantitative estimate of drug-likeness (QED) is 0.734. The Balaban J connectivity index is 2.43. The van der Waals surface area contributed by atoms with Gasteiger partial charge in [0.05, 0.1) is 11.6 Å². The van der Waals surface area contributed by atoms with Gasteiger partial charge in [0.25, 0.3) is 0 Å². The fraction of sp³-hybridized carbons (Fsp3) is 0.588. The van der Waals surface area contributed by atoms with Crippen LogP contribution in [0.3, 0.4) is 0 Å². The summed E-state index contributed by atoms with van der Waals surface area (Å²) in [5.41, 5.74) is 0.656. The van der Waals surface area contributed by atoms with Crippen LogP contribution in [-0.4, -0.2) is 29.9 Å². The third-order valence-corrected chi connectivity index (χ3v) is 4.15. The first-order valence-electron chi connectivity index (χ1n) is 7.65. The van der Waals surface area contributed by atoms with E-state index in [0.29, 0.717) is 17.9 Å². The molecule has 0 radical (unpaired) electrons. The van der Waals surface area contributed by atoms with Crippen molar-refractivity contribution < 1.29 is 9.84 Å². The molecule has 0 spiro atoms. The van der Waals surface area contributed by atoms with Crippen molar-refractivity contribution in [2.45, 2.75) is 51.7 Å².